The molecule has 0 saturated heterocycles. The van der Waals surface area contributed by atoms with Crippen molar-refractivity contribution in [2.24, 2.45) is 11.7 Å². The van der Waals surface area contributed by atoms with Crippen LogP contribution in [-0.2, 0) is 6.42 Å². The second-order valence-corrected chi connectivity index (χ2v) is 5.78. The van der Waals surface area contributed by atoms with Gasteiger partial charge >= 0.3 is 6.03 Å². The van der Waals surface area contributed by atoms with Crippen molar-refractivity contribution in [1.29, 1.82) is 0 Å². The first kappa shape index (κ1) is 17.6. The van der Waals surface area contributed by atoms with Gasteiger partial charge in [-0.25, -0.2) is 4.79 Å². The maximum Gasteiger partial charge on any atom is 0.312 e. The van der Waals surface area contributed by atoms with Crippen molar-refractivity contribution in [1.82, 2.24) is 5.32 Å². The van der Waals surface area contributed by atoms with Gasteiger partial charge in [-0.2, -0.15) is 0 Å². The highest BCUT2D eigenvalue weighted by Crippen LogP contribution is 2.26. The zero-order chi connectivity index (χ0) is 15.8. The minimum Gasteiger partial charge on any atom is -0.490 e. The van der Waals surface area contributed by atoms with Crippen LogP contribution in [0.1, 0.15) is 25.8 Å². The molecule has 0 radical (unpaired) electrons. The van der Waals surface area contributed by atoms with Crippen molar-refractivity contribution >= 4 is 17.6 Å². The van der Waals surface area contributed by atoms with Gasteiger partial charge in [0.2, 0.25) is 0 Å². The lowest BCUT2D eigenvalue weighted by Gasteiger charge is -2.20. The highest BCUT2D eigenvalue weighted by atomic mass is 35.5. The average Bonchev–Trinajstić information content (AvgIpc) is 2.37. The minimum absolute atomic E-state index is 0.0330. The summed E-state index contributed by atoms with van der Waals surface area (Å²) in [7, 11) is 0. The Bertz CT molecular complexity index is 466. The molecule has 5 nitrogen and oxygen atoms in total. The smallest absolute Gasteiger partial charge is 0.312 e. The third-order valence-corrected chi connectivity index (χ3v) is 3.24. The van der Waals surface area contributed by atoms with Crippen molar-refractivity contribution in [3.05, 3.63) is 28.8 Å². The normalized spacial score (nSPS) is 12.2. The molecule has 0 fully saturated rings. The van der Waals surface area contributed by atoms with Gasteiger partial charge in [0.05, 0.1) is 11.6 Å². The number of ether oxygens (including phenoxy) is 1. The van der Waals surface area contributed by atoms with Gasteiger partial charge in [0.1, 0.15) is 12.4 Å². The lowest BCUT2D eigenvalue weighted by Crippen LogP contribution is -2.40. The zero-order valence-corrected chi connectivity index (χ0v) is 13.2. The second kappa shape index (κ2) is 8.74. The van der Waals surface area contributed by atoms with Gasteiger partial charge in [-0.05, 0) is 36.5 Å². The number of aliphatic hydroxyl groups excluding tert-OH is 1. The van der Waals surface area contributed by atoms with Gasteiger partial charge in [0.15, 0.2) is 0 Å². The average molecular weight is 315 g/mol. The highest BCUT2D eigenvalue weighted by molar-refractivity contribution is 6.32. The molecule has 1 atom stereocenters. The maximum absolute atomic E-state index is 11.1. The molecule has 0 aliphatic carbocycles. The molecule has 1 aromatic rings. The summed E-state index contributed by atoms with van der Waals surface area (Å²) in [5.41, 5.74) is 6.21. The fourth-order valence-electron chi connectivity index (χ4n) is 2.19. The van der Waals surface area contributed by atoms with E-state index in [4.69, 9.17) is 27.2 Å². The molecule has 1 aromatic carbocycles. The monoisotopic (exact) mass is 314 g/mol. The molecule has 0 aliphatic heterocycles. The largest absolute Gasteiger partial charge is 0.490 e. The molecule has 0 spiro atoms. The van der Waals surface area contributed by atoms with Crippen molar-refractivity contribution in [3.63, 3.8) is 0 Å². The minimum atomic E-state index is -0.522. The van der Waals surface area contributed by atoms with Crippen LogP contribution < -0.4 is 15.8 Å². The van der Waals surface area contributed by atoms with E-state index in [0.717, 1.165) is 12.0 Å². The Labute approximate surface area is 130 Å². The third kappa shape index (κ3) is 6.69. The Kier molecular flexibility index (Phi) is 7.32. The van der Waals surface area contributed by atoms with Crippen LogP contribution in [0.5, 0.6) is 5.75 Å². The van der Waals surface area contributed by atoms with E-state index >= 15 is 0 Å². The summed E-state index contributed by atoms with van der Waals surface area (Å²) in [6.07, 6.45) is 1.48. The third-order valence-electron chi connectivity index (χ3n) is 2.93. The number of carbonyl (C=O) groups excluding carboxylic acids is 1. The van der Waals surface area contributed by atoms with Crippen molar-refractivity contribution < 1.29 is 14.6 Å². The summed E-state index contributed by atoms with van der Waals surface area (Å²) in [6.45, 7) is 4.30. The maximum atomic E-state index is 11.1. The number of primary amides is 1. The number of nitrogens with one attached hydrogen (secondary N) is 1. The summed E-state index contributed by atoms with van der Waals surface area (Å²) in [6, 6.07) is 4.92. The van der Waals surface area contributed by atoms with Crippen LogP contribution in [0, 0.1) is 5.92 Å². The van der Waals surface area contributed by atoms with E-state index in [2.05, 4.69) is 19.2 Å². The fraction of sp³-hybridized carbons (Fsp3) is 0.533. The first-order chi connectivity index (χ1) is 9.92. The lowest BCUT2D eigenvalue weighted by atomic mass is 9.97. The van der Waals surface area contributed by atoms with E-state index < -0.39 is 6.03 Å². The van der Waals surface area contributed by atoms with Crippen LogP contribution in [0.4, 0.5) is 4.79 Å². The Balaban J connectivity index is 2.79. The Hall–Kier alpha value is -1.46. The Morgan fingerprint density at radius 1 is 1.48 bits per heavy atom. The van der Waals surface area contributed by atoms with E-state index in [1.165, 1.54) is 0 Å². The van der Waals surface area contributed by atoms with E-state index in [9.17, 15) is 4.79 Å². The summed E-state index contributed by atoms with van der Waals surface area (Å²) < 4.78 is 5.38. The number of carbonyl (C=O) groups is 1. The second-order valence-electron chi connectivity index (χ2n) is 5.38. The molecule has 0 saturated carbocycles. The molecule has 21 heavy (non-hydrogen) atoms. The molecule has 6 heteroatoms. The van der Waals surface area contributed by atoms with Crippen LogP contribution in [0.25, 0.3) is 0 Å². The molecular formula is C15H23ClN2O3. The van der Waals surface area contributed by atoms with Gasteiger partial charge in [0.25, 0.3) is 0 Å². The summed E-state index contributed by atoms with van der Waals surface area (Å²) in [5, 5.41) is 12.1. The molecular weight excluding hydrogens is 292 g/mol. The van der Waals surface area contributed by atoms with Gasteiger partial charge < -0.3 is 20.9 Å². The first-order valence-corrected chi connectivity index (χ1v) is 7.38. The van der Waals surface area contributed by atoms with Gasteiger partial charge in [-0.1, -0.05) is 31.5 Å². The highest BCUT2D eigenvalue weighted by Gasteiger charge is 2.14. The molecule has 4 N–H and O–H groups in total. The zero-order valence-electron chi connectivity index (χ0n) is 12.4. The summed E-state index contributed by atoms with van der Waals surface area (Å²) in [4.78, 5) is 11.1. The van der Waals surface area contributed by atoms with Crippen LogP contribution in [0.3, 0.4) is 0 Å². The molecule has 1 unspecified atom stereocenters. The summed E-state index contributed by atoms with van der Waals surface area (Å²) >= 11 is 6.04. The van der Waals surface area contributed by atoms with E-state index in [0.29, 0.717) is 23.1 Å². The van der Waals surface area contributed by atoms with Crippen molar-refractivity contribution in [2.45, 2.75) is 32.7 Å². The van der Waals surface area contributed by atoms with Crippen LogP contribution in [0.2, 0.25) is 5.02 Å². The number of urea groups is 1. The molecule has 0 heterocycles. The van der Waals surface area contributed by atoms with E-state index in [1.807, 2.05) is 12.1 Å². The molecule has 1 rings (SSSR count). The number of halogens is 1. The number of nitrogens with two attached hydrogens (primary N) is 1. The van der Waals surface area contributed by atoms with Crippen molar-refractivity contribution in [3.8, 4) is 5.75 Å². The predicted molar refractivity (Wildman–Crippen MR) is 83.7 cm³/mol. The number of rotatable bonds is 8. The van der Waals surface area contributed by atoms with E-state index in [1.54, 1.807) is 6.07 Å². The first-order valence-electron chi connectivity index (χ1n) is 7.00. The van der Waals surface area contributed by atoms with Crippen LogP contribution in [-0.4, -0.2) is 30.4 Å². The van der Waals surface area contributed by atoms with Gasteiger partial charge in [-0.15, -0.1) is 0 Å². The quantitative estimate of drug-likeness (QED) is 0.688. The fourth-order valence-corrected chi connectivity index (χ4v) is 2.36. The van der Waals surface area contributed by atoms with Crippen LogP contribution in [0.15, 0.2) is 18.2 Å². The topological polar surface area (TPSA) is 84.6 Å². The van der Waals surface area contributed by atoms with Gasteiger partial charge in [0, 0.05) is 6.04 Å². The lowest BCUT2D eigenvalue weighted by molar-refractivity contribution is 0.201. The molecule has 0 bridgehead atoms. The number of hydrogen-bond acceptors (Lipinski definition) is 3. The number of aliphatic hydroxyl groups is 1. The molecule has 0 aliphatic rings. The van der Waals surface area contributed by atoms with Crippen LogP contribution >= 0.6 is 11.6 Å². The van der Waals surface area contributed by atoms with Crippen molar-refractivity contribution in [2.75, 3.05) is 13.2 Å². The SMILES string of the molecule is CC(C)CC(Cc1ccc(Cl)c(OCCO)c1)NC(N)=O. The standard InChI is InChI=1S/C15H23ClN2O3/c1-10(2)7-12(18-15(17)20)8-11-3-4-13(16)14(9-11)21-6-5-19/h3-4,9-10,12,19H,5-8H2,1-2H3,(H3,17,18,20). The Morgan fingerprint density at radius 3 is 2.76 bits per heavy atom. The molecule has 2 amide bonds. The molecule has 0 aromatic heterocycles. The predicted octanol–water partition coefficient (Wildman–Crippen LogP) is 2.34. The number of amides is 2. The summed E-state index contributed by atoms with van der Waals surface area (Å²) in [5.74, 6) is 0.977. The van der Waals surface area contributed by atoms with Gasteiger partial charge in [-0.3, -0.25) is 0 Å². The Morgan fingerprint density at radius 2 is 2.19 bits per heavy atom. The number of hydrogen-bond donors (Lipinski definition) is 3. The molecule has 118 valence electrons. The number of benzene rings is 1. The van der Waals surface area contributed by atoms with E-state index in [-0.39, 0.29) is 19.3 Å².